The SMILES string of the molecule is CC(C)OCCN1CCCC(C=O)C1. The van der Waals surface area contributed by atoms with Crippen LogP contribution in [0.4, 0.5) is 0 Å². The fourth-order valence-electron chi connectivity index (χ4n) is 1.82. The van der Waals surface area contributed by atoms with Crippen LogP contribution in [0, 0.1) is 5.92 Å². The van der Waals surface area contributed by atoms with Gasteiger partial charge in [-0.05, 0) is 33.2 Å². The summed E-state index contributed by atoms with van der Waals surface area (Å²) in [6.07, 6.45) is 3.60. The molecule has 1 rings (SSSR count). The quantitative estimate of drug-likeness (QED) is 0.625. The van der Waals surface area contributed by atoms with Crippen LogP contribution in [0.15, 0.2) is 0 Å². The summed E-state index contributed by atoms with van der Waals surface area (Å²) in [5, 5.41) is 0. The first-order valence-electron chi connectivity index (χ1n) is 5.51. The van der Waals surface area contributed by atoms with E-state index in [1.165, 1.54) is 0 Å². The molecule has 0 aromatic rings. The average Bonchev–Trinajstić information content (AvgIpc) is 2.18. The summed E-state index contributed by atoms with van der Waals surface area (Å²) in [7, 11) is 0. The number of hydrogen-bond donors (Lipinski definition) is 0. The Hall–Kier alpha value is -0.410. The number of aldehydes is 1. The molecule has 0 spiro atoms. The highest BCUT2D eigenvalue weighted by molar-refractivity contribution is 5.53. The molecule has 1 aliphatic rings. The zero-order valence-electron chi connectivity index (χ0n) is 9.24. The van der Waals surface area contributed by atoms with E-state index < -0.39 is 0 Å². The Labute approximate surface area is 86.4 Å². The van der Waals surface area contributed by atoms with Crippen LogP contribution in [0.3, 0.4) is 0 Å². The smallest absolute Gasteiger partial charge is 0.124 e. The van der Waals surface area contributed by atoms with Gasteiger partial charge in [0.2, 0.25) is 0 Å². The lowest BCUT2D eigenvalue weighted by Crippen LogP contribution is -2.38. The third kappa shape index (κ3) is 4.20. The van der Waals surface area contributed by atoms with Crippen LogP contribution < -0.4 is 0 Å². The number of likely N-dealkylation sites (tertiary alicyclic amines) is 1. The lowest BCUT2D eigenvalue weighted by molar-refractivity contribution is -0.112. The fraction of sp³-hybridized carbons (Fsp3) is 0.909. The number of rotatable bonds is 5. The van der Waals surface area contributed by atoms with Crippen LogP contribution in [-0.4, -0.2) is 43.5 Å². The third-order valence-electron chi connectivity index (χ3n) is 2.59. The standard InChI is InChI=1S/C11H21NO2/c1-10(2)14-7-6-12-5-3-4-11(8-12)9-13/h9-11H,3-8H2,1-2H3. The van der Waals surface area contributed by atoms with Crippen molar-refractivity contribution in [3.05, 3.63) is 0 Å². The Morgan fingerprint density at radius 2 is 2.36 bits per heavy atom. The van der Waals surface area contributed by atoms with Gasteiger partial charge in [0.25, 0.3) is 0 Å². The van der Waals surface area contributed by atoms with Crippen molar-refractivity contribution in [3.63, 3.8) is 0 Å². The van der Waals surface area contributed by atoms with Gasteiger partial charge in [-0.1, -0.05) is 0 Å². The van der Waals surface area contributed by atoms with Crippen LogP contribution in [0.5, 0.6) is 0 Å². The normalized spacial score (nSPS) is 24.1. The maximum absolute atomic E-state index is 10.6. The van der Waals surface area contributed by atoms with Crippen LogP contribution in [0.2, 0.25) is 0 Å². The molecule has 1 heterocycles. The first-order valence-corrected chi connectivity index (χ1v) is 5.51. The molecule has 14 heavy (non-hydrogen) atoms. The number of carbonyl (C=O) groups is 1. The van der Waals surface area contributed by atoms with Crippen LogP contribution in [0.25, 0.3) is 0 Å². The maximum Gasteiger partial charge on any atom is 0.124 e. The third-order valence-corrected chi connectivity index (χ3v) is 2.59. The topological polar surface area (TPSA) is 29.5 Å². The summed E-state index contributed by atoms with van der Waals surface area (Å²) in [4.78, 5) is 13.0. The highest BCUT2D eigenvalue weighted by Gasteiger charge is 2.18. The summed E-state index contributed by atoms with van der Waals surface area (Å²) in [6, 6.07) is 0. The second-order valence-corrected chi connectivity index (χ2v) is 4.26. The van der Waals surface area contributed by atoms with Gasteiger partial charge < -0.3 is 14.4 Å². The van der Waals surface area contributed by atoms with Gasteiger partial charge in [0.15, 0.2) is 0 Å². The zero-order valence-corrected chi connectivity index (χ0v) is 9.24. The fourth-order valence-corrected chi connectivity index (χ4v) is 1.82. The Kier molecular flexibility index (Phi) is 5.12. The molecule has 0 aliphatic carbocycles. The minimum absolute atomic E-state index is 0.253. The molecule has 1 aliphatic heterocycles. The van der Waals surface area contributed by atoms with Crippen molar-refractivity contribution in [3.8, 4) is 0 Å². The molecule has 0 radical (unpaired) electrons. The van der Waals surface area contributed by atoms with Crippen LogP contribution in [-0.2, 0) is 9.53 Å². The van der Waals surface area contributed by atoms with Gasteiger partial charge in [0.05, 0.1) is 12.7 Å². The van der Waals surface area contributed by atoms with Crippen molar-refractivity contribution in [1.82, 2.24) is 4.90 Å². The lowest BCUT2D eigenvalue weighted by atomic mass is 10.00. The summed E-state index contributed by atoms with van der Waals surface area (Å²) in [6.45, 7) is 7.87. The van der Waals surface area contributed by atoms with E-state index in [1.54, 1.807) is 0 Å². The summed E-state index contributed by atoms with van der Waals surface area (Å²) in [5.74, 6) is 0.253. The van der Waals surface area contributed by atoms with Crippen LogP contribution in [0.1, 0.15) is 26.7 Å². The average molecular weight is 199 g/mol. The minimum Gasteiger partial charge on any atom is -0.377 e. The maximum atomic E-state index is 10.6. The number of nitrogens with zero attached hydrogens (tertiary/aromatic N) is 1. The molecule has 1 saturated heterocycles. The van der Waals surface area contributed by atoms with Crippen molar-refractivity contribution in [2.24, 2.45) is 5.92 Å². The molecule has 1 fully saturated rings. The number of carbonyl (C=O) groups excluding carboxylic acids is 1. The molecule has 0 N–H and O–H groups in total. The Morgan fingerprint density at radius 3 is 3.00 bits per heavy atom. The first-order chi connectivity index (χ1) is 6.72. The highest BCUT2D eigenvalue weighted by atomic mass is 16.5. The monoisotopic (exact) mass is 199 g/mol. The summed E-state index contributed by atoms with van der Waals surface area (Å²) < 4.78 is 5.48. The number of hydrogen-bond acceptors (Lipinski definition) is 3. The van der Waals surface area contributed by atoms with Crippen molar-refractivity contribution < 1.29 is 9.53 Å². The van der Waals surface area contributed by atoms with E-state index in [-0.39, 0.29) is 5.92 Å². The summed E-state index contributed by atoms with van der Waals surface area (Å²) >= 11 is 0. The van der Waals surface area contributed by atoms with Crippen molar-refractivity contribution >= 4 is 6.29 Å². The number of ether oxygens (including phenoxy) is 1. The zero-order chi connectivity index (χ0) is 10.4. The Morgan fingerprint density at radius 1 is 1.57 bits per heavy atom. The molecule has 3 heteroatoms. The second-order valence-electron chi connectivity index (χ2n) is 4.26. The predicted molar refractivity (Wildman–Crippen MR) is 56.3 cm³/mol. The molecule has 0 bridgehead atoms. The van der Waals surface area contributed by atoms with E-state index in [4.69, 9.17) is 4.74 Å². The number of piperidine rings is 1. The van der Waals surface area contributed by atoms with E-state index in [0.29, 0.717) is 6.10 Å². The van der Waals surface area contributed by atoms with E-state index in [0.717, 1.165) is 45.4 Å². The molecule has 0 aromatic heterocycles. The van der Waals surface area contributed by atoms with Gasteiger partial charge in [0, 0.05) is 19.0 Å². The molecule has 0 saturated carbocycles. The van der Waals surface area contributed by atoms with Crippen LogP contribution >= 0.6 is 0 Å². The molecule has 0 amide bonds. The Bertz CT molecular complexity index is 171. The van der Waals surface area contributed by atoms with E-state index in [2.05, 4.69) is 4.90 Å². The van der Waals surface area contributed by atoms with E-state index >= 15 is 0 Å². The van der Waals surface area contributed by atoms with Crippen molar-refractivity contribution in [1.29, 1.82) is 0 Å². The van der Waals surface area contributed by atoms with E-state index in [9.17, 15) is 4.79 Å². The van der Waals surface area contributed by atoms with Gasteiger partial charge >= 0.3 is 0 Å². The minimum atomic E-state index is 0.253. The van der Waals surface area contributed by atoms with Gasteiger partial charge in [0.1, 0.15) is 6.29 Å². The first kappa shape index (κ1) is 11.7. The van der Waals surface area contributed by atoms with Gasteiger partial charge in [-0.15, -0.1) is 0 Å². The predicted octanol–water partition coefficient (Wildman–Crippen LogP) is 1.32. The molecular formula is C11H21NO2. The molecule has 1 atom stereocenters. The second kappa shape index (κ2) is 6.14. The molecule has 3 nitrogen and oxygen atoms in total. The molecule has 82 valence electrons. The highest BCUT2D eigenvalue weighted by Crippen LogP contribution is 2.13. The lowest BCUT2D eigenvalue weighted by Gasteiger charge is -2.30. The molecule has 1 unspecified atom stereocenters. The molecular weight excluding hydrogens is 178 g/mol. The summed E-state index contributed by atoms with van der Waals surface area (Å²) in [5.41, 5.74) is 0. The largest absolute Gasteiger partial charge is 0.377 e. The van der Waals surface area contributed by atoms with Gasteiger partial charge in [-0.2, -0.15) is 0 Å². The Balaban J connectivity index is 2.14. The van der Waals surface area contributed by atoms with Gasteiger partial charge in [-0.25, -0.2) is 0 Å². The van der Waals surface area contributed by atoms with Gasteiger partial charge in [-0.3, -0.25) is 0 Å². The van der Waals surface area contributed by atoms with E-state index in [1.807, 2.05) is 13.8 Å². The molecule has 0 aromatic carbocycles. The van der Waals surface area contributed by atoms with Crippen molar-refractivity contribution in [2.45, 2.75) is 32.8 Å². The van der Waals surface area contributed by atoms with Crippen molar-refractivity contribution in [2.75, 3.05) is 26.2 Å².